The monoisotopic (exact) mass is 398 g/mol. The summed E-state index contributed by atoms with van der Waals surface area (Å²) in [6.45, 7) is 0.619. The summed E-state index contributed by atoms with van der Waals surface area (Å²) < 4.78 is 5.01. The van der Waals surface area contributed by atoms with E-state index < -0.39 is 18.5 Å². The summed E-state index contributed by atoms with van der Waals surface area (Å²) in [4.78, 5) is 50.2. The van der Waals surface area contributed by atoms with Crippen LogP contribution in [0.4, 0.5) is 11.4 Å². The Hall–Kier alpha value is -3.13. The molecule has 1 heterocycles. The van der Waals surface area contributed by atoms with Gasteiger partial charge in [-0.15, -0.1) is 11.8 Å². The van der Waals surface area contributed by atoms with Crippen molar-refractivity contribution in [2.24, 2.45) is 0 Å². The molecule has 0 radical (unpaired) electrons. The Balaban J connectivity index is 1.57. The third-order valence-electron chi connectivity index (χ3n) is 4.04. The Labute approximate surface area is 166 Å². The quantitative estimate of drug-likeness (QED) is 0.594. The number of esters is 1. The smallest absolute Gasteiger partial charge is 0.326 e. The van der Waals surface area contributed by atoms with Gasteiger partial charge in [0.2, 0.25) is 5.91 Å². The van der Waals surface area contributed by atoms with Gasteiger partial charge in [0.25, 0.3) is 5.91 Å². The first-order valence-corrected chi connectivity index (χ1v) is 9.52. The van der Waals surface area contributed by atoms with Gasteiger partial charge in [-0.1, -0.05) is 24.3 Å². The van der Waals surface area contributed by atoms with Crippen LogP contribution in [0.15, 0.2) is 53.4 Å². The molecule has 1 aliphatic rings. The van der Waals surface area contributed by atoms with E-state index in [1.165, 1.54) is 23.6 Å². The number of nitrogens with one attached hydrogen (secondary N) is 1. The number of carbonyl (C=O) groups is 4. The first-order chi connectivity index (χ1) is 13.5. The summed E-state index contributed by atoms with van der Waals surface area (Å²) in [7, 11) is 0. The molecule has 0 unspecified atom stereocenters. The molecule has 0 aliphatic carbocycles. The number of anilines is 2. The molecule has 144 valence electrons. The molecule has 1 N–H and O–H groups in total. The molecule has 0 spiro atoms. The average molecular weight is 398 g/mol. The third-order valence-corrected chi connectivity index (χ3v) is 5.09. The number of hydrogen-bond acceptors (Lipinski definition) is 6. The zero-order valence-corrected chi connectivity index (χ0v) is 16.0. The van der Waals surface area contributed by atoms with Crippen LogP contribution in [-0.4, -0.2) is 42.5 Å². The maximum atomic E-state index is 12.2. The number of hydrogen-bond donors (Lipinski definition) is 1. The maximum Gasteiger partial charge on any atom is 0.326 e. The van der Waals surface area contributed by atoms with Crippen molar-refractivity contribution in [3.05, 3.63) is 54.1 Å². The predicted octanol–water partition coefficient (Wildman–Crippen LogP) is 2.51. The van der Waals surface area contributed by atoms with Gasteiger partial charge in [0.15, 0.2) is 12.4 Å². The van der Waals surface area contributed by atoms with E-state index in [9.17, 15) is 19.2 Å². The van der Waals surface area contributed by atoms with Gasteiger partial charge in [0.1, 0.15) is 6.54 Å². The van der Waals surface area contributed by atoms with Gasteiger partial charge >= 0.3 is 5.97 Å². The molecular weight excluding hydrogens is 380 g/mol. The minimum Gasteiger partial charge on any atom is -0.454 e. The van der Waals surface area contributed by atoms with E-state index in [-0.39, 0.29) is 24.0 Å². The SMILES string of the molecule is CC(=O)c1ccccc1NC(=O)COC(=O)CN1C(=O)CSc2ccccc21. The van der Waals surface area contributed by atoms with E-state index in [0.29, 0.717) is 16.9 Å². The van der Waals surface area contributed by atoms with Crippen LogP contribution in [0.3, 0.4) is 0 Å². The van der Waals surface area contributed by atoms with E-state index in [4.69, 9.17) is 4.74 Å². The molecule has 8 heteroatoms. The van der Waals surface area contributed by atoms with Crippen LogP contribution in [-0.2, 0) is 19.1 Å². The van der Waals surface area contributed by atoms with E-state index >= 15 is 0 Å². The molecule has 3 rings (SSSR count). The number of amides is 2. The van der Waals surface area contributed by atoms with Crippen molar-refractivity contribution in [2.45, 2.75) is 11.8 Å². The number of ketones is 1. The summed E-state index contributed by atoms with van der Waals surface area (Å²) in [5.74, 6) is -1.39. The number of fused-ring (bicyclic) bond motifs is 1. The zero-order chi connectivity index (χ0) is 20.1. The van der Waals surface area contributed by atoms with Crippen molar-refractivity contribution in [1.82, 2.24) is 0 Å². The molecule has 7 nitrogen and oxygen atoms in total. The van der Waals surface area contributed by atoms with Gasteiger partial charge in [0.05, 0.1) is 17.1 Å². The summed E-state index contributed by atoms with van der Waals surface area (Å²) in [5.41, 5.74) is 1.38. The van der Waals surface area contributed by atoms with E-state index in [1.54, 1.807) is 36.4 Å². The highest BCUT2D eigenvalue weighted by Gasteiger charge is 2.27. The summed E-state index contributed by atoms with van der Waals surface area (Å²) in [6.07, 6.45) is 0. The van der Waals surface area contributed by atoms with Crippen LogP contribution in [0.25, 0.3) is 0 Å². The Bertz CT molecular complexity index is 944. The van der Waals surface area contributed by atoms with Gasteiger partial charge in [-0.25, -0.2) is 0 Å². The molecule has 2 amide bonds. The van der Waals surface area contributed by atoms with Gasteiger partial charge in [-0.3, -0.25) is 24.1 Å². The Morgan fingerprint density at radius 2 is 1.82 bits per heavy atom. The standard InChI is InChI=1S/C20H18N2O5S/c1-13(23)14-6-2-3-7-15(14)21-18(24)11-27-20(26)10-22-16-8-4-5-9-17(16)28-12-19(22)25/h2-9H,10-12H2,1H3,(H,21,24). The van der Waals surface area contributed by atoms with Gasteiger partial charge in [-0.05, 0) is 31.2 Å². The first-order valence-electron chi connectivity index (χ1n) is 8.53. The number of benzene rings is 2. The summed E-state index contributed by atoms with van der Waals surface area (Å²) >= 11 is 1.42. The highest BCUT2D eigenvalue weighted by molar-refractivity contribution is 8.00. The van der Waals surface area contributed by atoms with Crippen molar-refractivity contribution in [3.63, 3.8) is 0 Å². The van der Waals surface area contributed by atoms with Crippen molar-refractivity contribution in [3.8, 4) is 0 Å². The lowest BCUT2D eigenvalue weighted by molar-refractivity contribution is -0.146. The van der Waals surface area contributed by atoms with Crippen LogP contribution >= 0.6 is 11.8 Å². The molecule has 0 aromatic heterocycles. The number of rotatable bonds is 6. The molecule has 0 bridgehead atoms. The number of carbonyl (C=O) groups excluding carboxylic acids is 4. The molecule has 2 aromatic carbocycles. The molecule has 1 aliphatic heterocycles. The largest absolute Gasteiger partial charge is 0.454 e. The van der Waals surface area contributed by atoms with E-state index in [1.807, 2.05) is 12.1 Å². The number of Topliss-reactive ketones (excluding diaryl/α,β-unsaturated/α-hetero) is 1. The minimum absolute atomic E-state index is 0.187. The molecular formula is C20H18N2O5S. The van der Waals surface area contributed by atoms with E-state index in [2.05, 4.69) is 5.32 Å². The molecule has 0 saturated heterocycles. The fraction of sp³-hybridized carbons (Fsp3) is 0.200. The average Bonchev–Trinajstić information content (AvgIpc) is 2.69. The number of thioether (sulfide) groups is 1. The van der Waals surface area contributed by atoms with Crippen LogP contribution in [0.2, 0.25) is 0 Å². The Morgan fingerprint density at radius 3 is 2.61 bits per heavy atom. The van der Waals surface area contributed by atoms with Crippen LogP contribution in [0.1, 0.15) is 17.3 Å². The highest BCUT2D eigenvalue weighted by Crippen LogP contribution is 2.34. The van der Waals surface area contributed by atoms with E-state index in [0.717, 1.165) is 4.90 Å². The summed E-state index contributed by atoms with van der Waals surface area (Å²) in [6, 6.07) is 13.9. The molecule has 0 fully saturated rings. The zero-order valence-electron chi connectivity index (χ0n) is 15.1. The Kier molecular flexibility index (Phi) is 6.10. The number of ether oxygens (including phenoxy) is 1. The van der Waals surface area contributed by atoms with Crippen molar-refractivity contribution in [2.75, 3.05) is 29.1 Å². The molecule has 28 heavy (non-hydrogen) atoms. The van der Waals surface area contributed by atoms with Gasteiger partial charge in [0, 0.05) is 10.5 Å². The molecule has 2 aromatic rings. The first kappa shape index (κ1) is 19.6. The lowest BCUT2D eigenvalue weighted by Crippen LogP contribution is -2.40. The predicted molar refractivity (Wildman–Crippen MR) is 106 cm³/mol. The third kappa shape index (κ3) is 4.58. The van der Waals surface area contributed by atoms with Crippen molar-refractivity contribution >= 4 is 46.7 Å². The second-order valence-electron chi connectivity index (χ2n) is 6.05. The maximum absolute atomic E-state index is 12.2. The lowest BCUT2D eigenvalue weighted by Gasteiger charge is -2.27. The fourth-order valence-corrected chi connectivity index (χ4v) is 3.67. The topological polar surface area (TPSA) is 92.8 Å². The van der Waals surface area contributed by atoms with Gasteiger partial charge < -0.3 is 10.1 Å². The summed E-state index contributed by atoms with van der Waals surface area (Å²) in [5, 5.41) is 2.55. The Morgan fingerprint density at radius 1 is 1.11 bits per heavy atom. The molecule has 0 saturated carbocycles. The number of para-hydroxylation sites is 2. The van der Waals surface area contributed by atoms with Crippen LogP contribution < -0.4 is 10.2 Å². The normalized spacial score (nSPS) is 12.9. The van der Waals surface area contributed by atoms with Crippen LogP contribution in [0.5, 0.6) is 0 Å². The van der Waals surface area contributed by atoms with Crippen LogP contribution in [0, 0.1) is 0 Å². The minimum atomic E-state index is -0.690. The second kappa shape index (κ2) is 8.71. The number of nitrogens with zero attached hydrogens (tertiary/aromatic N) is 1. The fourth-order valence-electron chi connectivity index (χ4n) is 2.73. The second-order valence-corrected chi connectivity index (χ2v) is 7.06. The van der Waals surface area contributed by atoms with Crippen molar-refractivity contribution < 1.29 is 23.9 Å². The highest BCUT2D eigenvalue weighted by atomic mass is 32.2. The lowest BCUT2D eigenvalue weighted by atomic mass is 10.1. The van der Waals surface area contributed by atoms with Gasteiger partial charge in [-0.2, -0.15) is 0 Å². The molecule has 0 atom stereocenters. The van der Waals surface area contributed by atoms with Crippen molar-refractivity contribution in [1.29, 1.82) is 0 Å².